The van der Waals surface area contributed by atoms with Crippen molar-refractivity contribution < 1.29 is 14.4 Å². The van der Waals surface area contributed by atoms with E-state index in [-0.39, 0.29) is 30.0 Å². The Hall–Kier alpha value is -2.57. The van der Waals surface area contributed by atoms with Gasteiger partial charge in [-0.05, 0) is 18.6 Å². The van der Waals surface area contributed by atoms with Crippen molar-refractivity contribution in [1.29, 1.82) is 5.53 Å². The second kappa shape index (κ2) is 5.38. The number of piperidine rings is 1. The number of rotatable bonds is 3. The minimum Gasteiger partial charge on any atom is -0.340 e. The zero-order valence-corrected chi connectivity index (χ0v) is 9.97. The van der Waals surface area contributed by atoms with Gasteiger partial charge in [0.2, 0.25) is 11.8 Å². The fourth-order valence-corrected chi connectivity index (χ4v) is 1.83. The lowest BCUT2D eigenvalue weighted by Crippen LogP contribution is -2.52. The summed E-state index contributed by atoms with van der Waals surface area (Å²) in [5.74, 6) is -1.33. The number of imide groups is 1. The molecule has 3 N–H and O–H groups in total. The molecule has 1 aliphatic rings. The molecule has 1 fully saturated rings. The lowest BCUT2D eigenvalue weighted by molar-refractivity contribution is -0.134. The van der Waals surface area contributed by atoms with E-state index in [0.29, 0.717) is 0 Å². The molecular weight excluding hydrogens is 248 g/mol. The Labute approximate surface area is 108 Å². The molecule has 1 aromatic rings. The SMILES string of the molecule is N=Nc1ccccc1C(=O)NC1CCC(=O)NC1=O. The highest BCUT2D eigenvalue weighted by Gasteiger charge is 2.28. The molecule has 0 aliphatic carbocycles. The van der Waals surface area contributed by atoms with Crippen LogP contribution in [-0.2, 0) is 9.59 Å². The fraction of sp³-hybridized carbons (Fsp3) is 0.250. The third-order valence-electron chi connectivity index (χ3n) is 2.81. The van der Waals surface area contributed by atoms with Gasteiger partial charge in [-0.3, -0.25) is 19.7 Å². The second-order valence-corrected chi connectivity index (χ2v) is 4.11. The van der Waals surface area contributed by atoms with Crippen molar-refractivity contribution in [2.45, 2.75) is 18.9 Å². The van der Waals surface area contributed by atoms with Gasteiger partial charge in [-0.15, -0.1) is 0 Å². The van der Waals surface area contributed by atoms with Gasteiger partial charge in [0.25, 0.3) is 5.91 Å². The summed E-state index contributed by atoms with van der Waals surface area (Å²) in [6.07, 6.45) is 0.470. The standard InChI is InChI=1S/C12H12N4O3/c13-16-8-4-2-1-3-7(8)11(18)14-9-5-6-10(17)15-12(9)19/h1-4,9,13H,5-6H2,(H,14,18)(H,15,17,19). The van der Waals surface area contributed by atoms with Gasteiger partial charge in [-0.2, -0.15) is 5.11 Å². The highest BCUT2D eigenvalue weighted by Crippen LogP contribution is 2.18. The summed E-state index contributed by atoms with van der Waals surface area (Å²) in [7, 11) is 0. The predicted octanol–water partition coefficient (Wildman–Crippen LogP) is 0.884. The van der Waals surface area contributed by atoms with Gasteiger partial charge < -0.3 is 5.32 Å². The zero-order valence-electron chi connectivity index (χ0n) is 9.97. The smallest absolute Gasteiger partial charge is 0.254 e. The second-order valence-electron chi connectivity index (χ2n) is 4.11. The summed E-state index contributed by atoms with van der Waals surface area (Å²) < 4.78 is 0. The molecule has 1 aliphatic heterocycles. The Morgan fingerprint density at radius 1 is 1.37 bits per heavy atom. The molecule has 0 aromatic heterocycles. The Kier molecular flexibility index (Phi) is 3.65. The quantitative estimate of drug-likeness (QED) is 0.554. The number of hydrogen-bond donors (Lipinski definition) is 3. The maximum absolute atomic E-state index is 12.0. The normalized spacial score (nSPS) is 18.6. The largest absolute Gasteiger partial charge is 0.340 e. The number of carbonyl (C=O) groups is 3. The lowest BCUT2D eigenvalue weighted by Gasteiger charge is -2.21. The van der Waals surface area contributed by atoms with Gasteiger partial charge >= 0.3 is 0 Å². The van der Waals surface area contributed by atoms with E-state index < -0.39 is 17.9 Å². The van der Waals surface area contributed by atoms with E-state index in [1.807, 2.05) is 0 Å². The summed E-state index contributed by atoms with van der Waals surface area (Å²) in [5, 5.41) is 7.95. The predicted molar refractivity (Wildman–Crippen MR) is 64.9 cm³/mol. The third kappa shape index (κ3) is 2.82. The van der Waals surface area contributed by atoms with Crippen LogP contribution in [0.4, 0.5) is 5.69 Å². The third-order valence-corrected chi connectivity index (χ3v) is 2.81. The average molecular weight is 260 g/mol. The molecule has 0 saturated carbocycles. The van der Waals surface area contributed by atoms with Crippen LogP contribution in [0.15, 0.2) is 29.4 Å². The van der Waals surface area contributed by atoms with Gasteiger partial charge in [-0.1, -0.05) is 12.1 Å². The monoisotopic (exact) mass is 260 g/mol. The molecule has 19 heavy (non-hydrogen) atoms. The Bertz CT molecular complexity index is 556. The first-order valence-corrected chi connectivity index (χ1v) is 5.73. The summed E-state index contributed by atoms with van der Waals surface area (Å²) in [4.78, 5) is 34.5. The van der Waals surface area contributed by atoms with Gasteiger partial charge in [0.05, 0.1) is 11.3 Å². The number of carbonyl (C=O) groups excluding carboxylic acids is 3. The molecule has 0 spiro atoms. The Morgan fingerprint density at radius 3 is 2.79 bits per heavy atom. The summed E-state index contributed by atoms with van der Waals surface area (Å²) in [6, 6.07) is 5.63. The number of nitrogens with one attached hydrogen (secondary N) is 3. The number of para-hydroxylation sites is 1. The van der Waals surface area contributed by atoms with Gasteiger partial charge in [0, 0.05) is 6.42 Å². The van der Waals surface area contributed by atoms with Gasteiger partial charge in [-0.25, -0.2) is 5.53 Å². The van der Waals surface area contributed by atoms with Crippen LogP contribution in [0.2, 0.25) is 0 Å². The molecule has 1 heterocycles. The van der Waals surface area contributed by atoms with E-state index in [9.17, 15) is 14.4 Å². The molecule has 98 valence electrons. The molecule has 1 aromatic carbocycles. The minimum absolute atomic E-state index is 0.196. The van der Waals surface area contributed by atoms with E-state index >= 15 is 0 Å². The highest BCUT2D eigenvalue weighted by molar-refractivity contribution is 6.05. The van der Waals surface area contributed by atoms with Gasteiger partial charge in [0.1, 0.15) is 6.04 Å². The summed E-state index contributed by atoms with van der Waals surface area (Å²) in [5.41, 5.74) is 7.44. The van der Waals surface area contributed by atoms with Crippen molar-refractivity contribution in [2.24, 2.45) is 5.11 Å². The average Bonchev–Trinajstić information content (AvgIpc) is 2.41. The molecule has 1 unspecified atom stereocenters. The molecule has 7 nitrogen and oxygen atoms in total. The van der Waals surface area contributed by atoms with Crippen LogP contribution in [0.1, 0.15) is 23.2 Å². The molecule has 1 atom stereocenters. The number of amides is 3. The fourth-order valence-electron chi connectivity index (χ4n) is 1.83. The molecule has 0 bridgehead atoms. The first-order chi connectivity index (χ1) is 9.11. The first-order valence-electron chi connectivity index (χ1n) is 5.73. The highest BCUT2D eigenvalue weighted by atomic mass is 16.2. The maximum Gasteiger partial charge on any atom is 0.254 e. The first kappa shape index (κ1) is 12.9. The van der Waals surface area contributed by atoms with E-state index in [0.717, 1.165) is 0 Å². The van der Waals surface area contributed by atoms with Crippen molar-refractivity contribution in [3.05, 3.63) is 29.8 Å². The van der Waals surface area contributed by atoms with Crippen LogP contribution in [0, 0.1) is 5.53 Å². The molecular formula is C12H12N4O3. The number of nitrogens with zero attached hydrogens (tertiary/aromatic N) is 1. The van der Waals surface area contributed by atoms with Crippen LogP contribution in [0.25, 0.3) is 0 Å². The topological polar surface area (TPSA) is 111 Å². The Balaban J connectivity index is 2.11. The van der Waals surface area contributed by atoms with Crippen molar-refractivity contribution in [2.75, 3.05) is 0 Å². The van der Waals surface area contributed by atoms with E-state index in [2.05, 4.69) is 15.7 Å². The molecule has 0 radical (unpaired) electrons. The van der Waals surface area contributed by atoms with Crippen LogP contribution in [0.5, 0.6) is 0 Å². The van der Waals surface area contributed by atoms with Crippen LogP contribution >= 0.6 is 0 Å². The molecule has 1 saturated heterocycles. The van der Waals surface area contributed by atoms with Crippen molar-refractivity contribution in [3.8, 4) is 0 Å². The van der Waals surface area contributed by atoms with Crippen LogP contribution in [0.3, 0.4) is 0 Å². The maximum atomic E-state index is 12.0. The van der Waals surface area contributed by atoms with E-state index in [1.54, 1.807) is 12.1 Å². The summed E-state index contributed by atoms with van der Waals surface area (Å²) in [6.45, 7) is 0. The molecule has 2 rings (SSSR count). The van der Waals surface area contributed by atoms with Crippen LogP contribution < -0.4 is 10.6 Å². The molecule has 7 heteroatoms. The van der Waals surface area contributed by atoms with Gasteiger partial charge in [0.15, 0.2) is 0 Å². The summed E-state index contributed by atoms with van der Waals surface area (Å²) >= 11 is 0. The zero-order chi connectivity index (χ0) is 13.8. The van der Waals surface area contributed by atoms with Crippen molar-refractivity contribution in [3.63, 3.8) is 0 Å². The van der Waals surface area contributed by atoms with Crippen molar-refractivity contribution >= 4 is 23.4 Å². The Morgan fingerprint density at radius 2 is 2.11 bits per heavy atom. The molecule has 3 amide bonds. The van der Waals surface area contributed by atoms with E-state index in [4.69, 9.17) is 5.53 Å². The number of benzene rings is 1. The van der Waals surface area contributed by atoms with Crippen LogP contribution in [-0.4, -0.2) is 23.8 Å². The van der Waals surface area contributed by atoms with E-state index in [1.165, 1.54) is 12.1 Å². The lowest BCUT2D eigenvalue weighted by atomic mass is 10.1. The minimum atomic E-state index is -0.732. The number of hydrogen-bond acceptors (Lipinski definition) is 5. The van der Waals surface area contributed by atoms with Crippen molar-refractivity contribution in [1.82, 2.24) is 10.6 Å².